The van der Waals surface area contributed by atoms with E-state index in [0.717, 1.165) is 0 Å². The molecule has 0 atom stereocenters. The van der Waals surface area contributed by atoms with Crippen molar-refractivity contribution in [2.24, 2.45) is 0 Å². The van der Waals surface area contributed by atoms with Gasteiger partial charge in [-0.1, -0.05) is 23.7 Å². The summed E-state index contributed by atoms with van der Waals surface area (Å²) in [7, 11) is 0. The van der Waals surface area contributed by atoms with Crippen LogP contribution >= 0.6 is 56.8 Å². The SMILES string of the molecule is CCOc1ccccc1C(=O)Nc1ccc(Cl)c(C(F)(I)I)c1. The van der Waals surface area contributed by atoms with Crippen LogP contribution in [-0.2, 0) is 1.68 Å². The van der Waals surface area contributed by atoms with Crippen molar-refractivity contribution in [1.82, 2.24) is 0 Å². The van der Waals surface area contributed by atoms with E-state index in [4.69, 9.17) is 16.3 Å². The highest BCUT2D eigenvalue weighted by Gasteiger charge is 2.27. The van der Waals surface area contributed by atoms with E-state index >= 15 is 0 Å². The Hall–Kier alpha value is -0.610. The van der Waals surface area contributed by atoms with Crippen LogP contribution in [0.2, 0.25) is 5.02 Å². The zero-order chi connectivity index (χ0) is 17.0. The van der Waals surface area contributed by atoms with Gasteiger partial charge in [0.15, 0.2) is 0 Å². The first kappa shape index (κ1) is 18.7. The number of halogens is 4. The molecule has 0 aliphatic heterocycles. The lowest BCUT2D eigenvalue weighted by Gasteiger charge is -2.15. The van der Waals surface area contributed by atoms with Crippen LogP contribution in [0.15, 0.2) is 42.5 Å². The van der Waals surface area contributed by atoms with Gasteiger partial charge in [0, 0.05) is 16.3 Å². The molecule has 0 saturated heterocycles. The zero-order valence-electron chi connectivity index (χ0n) is 12.1. The van der Waals surface area contributed by atoms with E-state index in [2.05, 4.69) is 5.32 Å². The van der Waals surface area contributed by atoms with E-state index in [1.807, 2.05) is 6.92 Å². The average molecular weight is 560 g/mol. The third kappa shape index (κ3) is 4.93. The largest absolute Gasteiger partial charge is 0.493 e. The van der Waals surface area contributed by atoms with Gasteiger partial charge >= 0.3 is 0 Å². The summed E-state index contributed by atoms with van der Waals surface area (Å²) in [4.78, 5) is 12.4. The third-order valence-corrected chi connectivity index (χ3v) is 4.45. The number of nitrogens with one attached hydrogen (secondary N) is 1. The number of amides is 1. The van der Waals surface area contributed by atoms with E-state index in [1.54, 1.807) is 81.6 Å². The van der Waals surface area contributed by atoms with E-state index in [0.29, 0.717) is 34.2 Å². The Morgan fingerprint density at radius 3 is 2.65 bits per heavy atom. The van der Waals surface area contributed by atoms with Crippen molar-refractivity contribution in [2.75, 3.05) is 11.9 Å². The molecule has 1 N–H and O–H groups in total. The monoisotopic (exact) mass is 559 g/mol. The second-order valence-electron chi connectivity index (χ2n) is 4.58. The molecule has 0 bridgehead atoms. The van der Waals surface area contributed by atoms with Crippen LogP contribution in [0, 0.1) is 0 Å². The van der Waals surface area contributed by atoms with Gasteiger partial charge in [-0.05, 0) is 82.4 Å². The molecule has 3 nitrogen and oxygen atoms in total. The third-order valence-electron chi connectivity index (χ3n) is 2.96. The van der Waals surface area contributed by atoms with Crippen molar-refractivity contribution in [2.45, 2.75) is 8.61 Å². The number of benzene rings is 2. The van der Waals surface area contributed by atoms with Crippen LogP contribution in [0.25, 0.3) is 0 Å². The molecule has 23 heavy (non-hydrogen) atoms. The molecular formula is C16H13ClFI2NO2. The summed E-state index contributed by atoms with van der Waals surface area (Å²) < 4.78 is 17.9. The fraction of sp³-hybridized carbons (Fsp3) is 0.188. The summed E-state index contributed by atoms with van der Waals surface area (Å²) in [6, 6.07) is 11.7. The Morgan fingerprint density at radius 1 is 1.30 bits per heavy atom. The van der Waals surface area contributed by atoms with Crippen molar-refractivity contribution in [3.8, 4) is 5.75 Å². The van der Waals surface area contributed by atoms with Crippen molar-refractivity contribution < 1.29 is 13.9 Å². The highest BCUT2D eigenvalue weighted by atomic mass is 127. The van der Waals surface area contributed by atoms with Crippen molar-refractivity contribution in [1.29, 1.82) is 0 Å². The number of carbonyl (C=O) groups excluding carboxylic acids is 1. The smallest absolute Gasteiger partial charge is 0.259 e. The summed E-state index contributed by atoms with van der Waals surface area (Å²) in [5.41, 5.74) is 1.19. The molecule has 2 rings (SSSR count). The Morgan fingerprint density at radius 2 is 2.00 bits per heavy atom. The predicted octanol–water partition coefficient (Wildman–Crippen LogP) is 5.94. The van der Waals surface area contributed by atoms with E-state index in [1.165, 1.54) is 6.07 Å². The predicted molar refractivity (Wildman–Crippen MR) is 108 cm³/mol. The Labute approximate surface area is 166 Å². The number of rotatable bonds is 5. The normalized spacial score (nSPS) is 11.2. The van der Waals surface area contributed by atoms with Gasteiger partial charge in [0.2, 0.25) is 1.68 Å². The molecule has 0 saturated carbocycles. The van der Waals surface area contributed by atoms with Gasteiger partial charge in [-0.2, -0.15) is 0 Å². The van der Waals surface area contributed by atoms with Crippen LogP contribution in [0.4, 0.5) is 10.1 Å². The zero-order valence-corrected chi connectivity index (χ0v) is 17.1. The van der Waals surface area contributed by atoms with Crippen LogP contribution in [0.3, 0.4) is 0 Å². The fourth-order valence-electron chi connectivity index (χ4n) is 1.95. The molecule has 0 radical (unpaired) electrons. The standard InChI is InChI=1S/C16H13ClFI2NO2/c1-2-23-14-6-4-3-5-11(14)15(22)21-10-7-8-13(17)12(9-10)16(18,19)20/h3-9H,2H2,1H3,(H,21,22). The maximum Gasteiger partial charge on any atom is 0.259 e. The maximum atomic E-state index is 14.1. The summed E-state index contributed by atoms with van der Waals surface area (Å²) in [5, 5.41) is 3.06. The lowest BCUT2D eigenvalue weighted by atomic mass is 10.1. The molecule has 7 heteroatoms. The first-order valence-electron chi connectivity index (χ1n) is 6.73. The molecule has 0 aliphatic carbocycles. The van der Waals surface area contributed by atoms with E-state index < -0.39 is 1.68 Å². The topological polar surface area (TPSA) is 38.3 Å². The summed E-state index contributed by atoms with van der Waals surface area (Å²) in [5.74, 6) is 0.179. The molecule has 0 aromatic heterocycles. The van der Waals surface area contributed by atoms with Crippen molar-refractivity contribution >= 4 is 68.4 Å². The van der Waals surface area contributed by atoms with Crippen LogP contribution in [0.1, 0.15) is 22.8 Å². The number of anilines is 1. The Kier molecular flexibility index (Phi) is 6.49. The molecule has 0 aliphatic rings. The number of alkyl halides is 3. The lowest BCUT2D eigenvalue weighted by molar-refractivity contribution is 0.102. The molecule has 0 heterocycles. The van der Waals surface area contributed by atoms with Gasteiger partial charge in [0.1, 0.15) is 5.75 Å². The molecule has 1 amide bonds. The van der Waals surface area contributed by atoms with Gasteiger partial charge < -0.3 is 10.1 Å². The summed E-state index contributed by atoms with van der Waals surface area (Å²) >= 11 is 9.32. The minimum atomic E-state index is -1.66. The van der Waals surface area contributed by atoms with Gasteiger partial charge in [-0.15, -0.1) is 0 Å². The maximum absolute atomic E-state index is 14.1. The van der Waals surface area contributed by atoms with Gasteiger partial charge in [-0.3, -0.25) is 4.79 Å². The molecule has 0 spiro atoms. The minimum absolute atomic E-state index is 0.302. The molecule has 122 valence electrons. The fourth-order valence-corrected chi connectivity index (χ4v) is 3.41. The number of hydrogen-bond donors (Lipinski definition) is 1. The van der Waals surface area contributed by atoms with Crippen LogP contribution in [0.5, 0.6) is 5.75 Å². The number of para-hydroxylation sites is 1. The molecular weight excluding hydrogens is 546 g/mol. The lowest BCUT2D eigenvalue weighted by Crippen LogP contribution is -2.14. The first-order chi connectivity index (χ1) is 10.8. The highest BCUT2D eigenvalue weighted by Crippen LogP contribution is 2.44. The van der Waals surface area contributed by atoms with Crippen LogP contribution < -0.4 is 10.1 Å². The van der Waals surface area contributed by atoms with E-state index in [-0.39, 0.29) is 5.91 Å². The molecule has 2 aromatic rings. The quantitative estimate of drug-likeness (QED) is 0.364. The first-order valence-corrected chi connectivity index (χ1v) is 9.26. The molecule has 0 fully saturated rings. The average Bonchev–Trinajstić information content (AvgIpc) is 2.49. The van der Waals surface area contributed by atoms with Gasteiger partial charge in [-0.25, -0.2) is 4.39 Å². The number of carbonyl (C=O) groups is 1. The second-order valence-corrected chi connectivity index (χ2v) is 10.0. The van der Waals surface area contributed by atoms with Gasteiger partial charge in [0.25, 0.3) is 5.91 Å². The van der Waals surface area contributed by atoms with Crippen molar-refractivity contribution in [3.63, 3.8) is 0 Å². The minimum Gasteiger partial charge on any atom is -0.493 e. The van der Waals surface area contributed by atoms with E-state index in [9.17, 15) is 9.18 Å². The number of ether oxygens (including phenoxy) is 1. The Bertz CT molecular complexity index is 719. The van der Waals surface area contributed by atoms with Gasteiger partial charge in [0.05, 0.1) is 12.2 Å². The molecule has 0 unspecified atom stereocenters. The number of hydrogen-bond acceptors (Lipinski definition) is 2. The van der Waals surface area contributed by atoms with Crippen molar-refractivity contribution in [3.05, 3.63) is 58.6 Å². The summed E-state index contributed by atoms with van der Waals surface area (Å²) in [6.45, 7) is 2.31. The molecule has 2 aromatic carbocycles. The summed E-state index contributed by atoms with van der Waals surface area (Å²) in [6.07, 6.45) is 0. The highest BCUT2D eigenvalue weighted by molar-refractivity contribution is 14.2. The second kappa shape index (κ2) is 7.98. The van der Waals surface area contributed by atoms with Crippen LogP contribution in [-0.4, -0.2) is 12.5 Å². The Balaban J connectivity index is 2.28.